The summed E-state index contributed by atoms with van der Waals surface area (Å²) in [5, 5.41) is 9.47. The highest BCUT2D eigenvalue weighted by Crippen LogP contribution is 2.20. The molecule has 1 N–H and O–H groups in total. The minimum atomic E-state index is -0.0421. The molecular formula is C18H26N4O3S. The Kier molecular flexibility index (Phi) is 6.05. The summed E-state index contributed by atoms with van der Waals surface area (Å²) >= 11 is 1.47. The Balaban J connectivity index is 1.49. The fourth-order valence-electron chi connectivity index (χ4n) is 3.36. The van der Waals surface area contributed by atoms with Crippen LogP contribution in [-0.4, -0.2) is 46.2 Å². The fourth-order valence-corrected chi connectivity index (χ4v) is 4.08. The highest BCUT2D eigenvalue weighted by Gasteiger charge is 2.22. The van der Waals surface area contributed by atoms with E-state index < -0.39 is 0 Å². The summed E-state index contributed by atoms with van der Waals surface area (Å²) < 4.78 is 10.9. The number of anilines is 1. The van der Waals surface area contributed by atoms with Crippen molar-refractivity contribution in [2.75, 3.05) is 18.4 Å². The molecule has 2 aromatic heterocycles. The number of hydrogen-bond donors (Lipinski definition) is 1. The summed E-state index contributed by atoms with van der Waals surface area (Å²) in [6.45, 7) is 10.5. The van der Waals surface area contributed by atoms with Crippen molar-refractivity contribution in [3.63, 3.8) is 0 Å². The minimum Gasteiger partial charge on any atom is -0.373 e. The van der Waals surface area contributed by atoms with Crippen molar-refractivity contribution in [1.82, 2.24) is 15.0 Å². The second kappa shape index (κ2) is 8.28. The van der Waals surface area contributed by atoms with Crippen molar-refractivity contribution in [3.05, 3.63) is 28.1 Å². The van der Waals surface area contributed by atoms with E-state index in [1.165, 1.54) is 11.3 Å². The maximum Gasteiger partial charge on any atom is 0.226 e. The van der Waals surface area contributed by atoms with E-state index in [2.05, 4.69) is 34.2 Å². The zero-order valence-corrected chi connectivity index (χ0v) is 16.6. The van der Waals surface area contributed by atoms with Gasteiger partial charge in [-0.25, -0.2) is 4.98 Å². The van der Waals surface area contributed by atoms with Crippen molar-refractivity contribution in [2.24, 2.45) is 0 Å². The molecule has 0 saturated carbocycles. The van der Waals surface area contributed by atoms with E-state index in [0.717, 1.165) is 42.3 Å². The number of thiazole rings is 1. The quantitative estimate of drug-likeness (QED) is 0.832. The number of nitrogens with one attached hydrogen (secondary N) is 1. The molecule has 3 rings (SSSR count). The number of aromatic nitrogens is 2. The first-order valence-electron chi connectivity index (χ1n) is 8.94. The van der Waals surface area contributed by atoms with Gasteiger partial charge in [0.25, 0.3) is 0 Å². The van der Waals surface area contributed by atoms with Gasteiger partial charge in [0.1, 0.15) is 5.76 Å². The van der Waals surface area contributed by atoms with Crippen LogP contribution in [0.4, 0.5) is 5.13 Å². The van der Waals surface area contributed by atoms with Crippen LogP contribution in [0, 0.1) is 13.8 Å². The summed E-state index contributed by atoms with van der Waals surface area (Å²) in [6, 6.07) is 0. The average molecular weight is 378 g/mol. The normalized spacial score (nSPS) is 21.1. The van der Waals surface area contributed by atoms with Gasteiger partial charge in [-0.3, -0.25) is 9.69 Å². The number of nitrogens with zero attached hydrogens (tertiary/aromatic N) is 3. The van der Waals surface area contributed by atoms with Gasteiger partial charge in [0.15, 0.2) is 5.13 Å². The van der Waals surface area contributed by atoms with Gasteiger partial charge in [0, 0.05) is 37.0 Å². The Labute approximate surface area is 157 Å². The van der Waals surface area contributed by atoms with Crippen molar-refractivity contribution in [1.29, 1.82) is 0 Å². The third kappa shape index (κ3) is 4.90. The van der Waals surface area contributed by atoms with Gasteiger partial charge in [-0.1, -0.05) is 5.16 Å². The lowest BCUT2D eigenvalue weighted by Gasteiger charge is -2.34. The molecule has 0 bridgehead atoms. The summed E-state index contributed by atoms with van der Waals surface area (Å²) in [5.41, 5.74) is 2.84. The molecule has 1 aliphatic heterocycles. The van der Waals surface area contributed by atoms with E-state index in [1.54, 1.807) is 0 Å². The van der Waals surface area contributed by atoms with E-state index in [0.29, 0.717) is 18.0 Å². The number of carbonyl (C=O) groups is 1. The van der Waals surface area contributed by atoms with Gasteiger partial charge in [0.2, 0.25) is 5.91 Å². The second-order valence-corrected chi connectivity index (χ2v) is 7.80. The second-order valence-electron chi connectivity index (χ2n) is 6.95. The summed E-state index contributed by atoms with van der Waals surface area (Å²) in [5.74, 6) is 0.736. The maximum absolute atomic E-state index is 12.2. The van der Waals surface area contributed by atoms with Crippen LogP contribution in [0.1, 0.15) is 43.0 Å². The molecule has 0 unspecified atom stereocenters. The number of hydrogen-bond acceptors (Lipinski definition) is 7. The first-order chi connectivity index (χ1) is 12.4. The molecule has 1 fully saturated rings. The topological polar surface area (TPSA) is 80.5 Å². The number of amides is 1. The van der Waals surface area contributed by atoms with Crippen LogP contribution in [-0.2, 0) is 22.5 Å². The van der Waals surface area contributed by atoms with Crippen molar-refractivity contribution < 1.29 is 14.1 Å². The third-order valence-electron chi connectivity index (χ3n) is 4.46. The Morgan fingerprint density at radius 3 is 2.73 bits per heavy atom. The molecule has 142 valence electrons. The largest absolute Gasteiger partial charge is 0.373 e. The maximum atomic E-state index is 12.2. The zero-order chi connectivity index (χ0) is 18.7. The fraction of sp³-hybridized carbons (Fsp3) is 0.611. The molecule has 8 heteroatoms. The first kappa shape index (κ1) is 19.0. The Morgan fingerprint density at radius 2 is 2.08 bits per heavy atom. The van der Waals surface area contributed by atoms with Crippen LogP contribution in [0.3, 0.4) is 0 Å². The molecule has 0 radical (unpaired) electrons. The lowest BCUT2D eigenvalue weighted by atomic mass is 10.1. The van der Waals surface area contributed by atoms with Crippen LogP contribution in [0.5, 0.6) is 0 Å². The monoisotopic (exact) mass is 378 g/mol. The predicted molar refractivity (Wildman–Crippen MR) is 100 cm³/mol. The van der Waals surface area contributed by atoms with Gasteiger partial charge in [-0.2, -0.15) is 0 Å². The molecule has 0 spiro atoms. The standard InChI is InChI=1S/C18H26N4O3S/c1-11-7-22(8-12(2)24-11)9-15-10-26-18(19-15)20-17(23)6-5-16-13(3)21-25-14(16)4/h10-12H,5-9H2,1-4H3,(H,19,20,23)/t11-,12+. The third-order valence-corrected chi connectivity index (χ3v) is 5.27. The molecule has 0 aromatic carbocycles. The van der Waals surface area contributed by atoms with Crippen LogP contribution in [0.25, 0.3) is 0 Å². The number of aryl methyl sites for hydroxylation is 2. The van der Waals surface area contributed by atoms with Crippen LogP contribution < -0.4 is 5.32 Å². The molecule has 3 heterocycles. The first-order valence-corrected chi connectivity index (χ1v) is 9.82. The van der Waals surface area contributed by atoms with Gasteiger partial charge < -0.3 is 14.6 Å². The van der Waals surface area contributed by atoms with E-state index in [9.17, 15) is 4.79 Å². The number of rotatable bonds is 6. The smallest absolute Gasteiger partial charge is 0.226 e. The summed E-state index contributed by atoms with van der Waals surface area (Å²) in [7, 11) is 0. The lowest BCUT2D eigenvalue weighted by Crippen LogP contribution is -2.44. The number of morpholine rings is 1. The molecule has 26 heavy (non-hydrogen) atoms. The molecule has 1 aliphatic rings. The van der Waals surface area contributed by atoms with Crippen molar-refractivity contribution in [3.8, 4) is 0 Å². The van der Waals surface area contributed by atoms with Gasteiger partial charge in [-0.05, 0) is 34.1 Å². The Bertz CT molecular complexity index is 728. The van der Waals surface area contributed by atoms with Crippen LogP contribution in [0.2, 0.25) is 0 Å². The molecular weight excluding hydrogens is 352 g/mol. The SMILES string of the molecule is Cc1noc(C)c1CCC(=O)Nc1nc(CN2C[C@@H](C)O[C@@H](C)C2)cs1. The molecule has 2 atom stereocenters. The molecule has 1 saturated heterocycles. The zero-order valence-electron chi connectivity index (χ0n) is 15.7. The van der Waals surface area contributed by atoms with E-state index in [-0.39, 0.29) is 18.1 Å². The lowest BCUT2D eigenvalue weighted by molar-refractivity contribution is -0.116. The summed E-state index contributed by atoms with van der Waals surface area (Å²) in [6.07, 6.45) is 1.48. The van der Waals surface area contributed by atoms with Crippen molar-refractivity contribution in [2.45, 2.75) is 59.3 Å². The molecule has 7 nitrogen and oxygen atoms in total. The van der Waals surface area contributed by atoms with Crippen LogP contribution in [0.15, 0.2) is 9.90 Å². The van der Waals surface area contributed by atoms with Gasteiger partial charge >= 0.3 is 0 Å². The van der Waals surface area contributed by atoms with Crippen LogP contribution >= 0.6 is 11.3 Å². The Hall–Kier alpha value is -1.77. The number of ether oxygens (including phenoxy) is 1. The average Bonchev–Trinajstić information content (AvgIpc) is 3.11. The van der Waals surface area contributed by atoms with E-state index >= 15 is 0 Å². The molecule has 0 aliphatic carbocycles. The van der Waals surface area contributed by atoms with Gasteiger partial charge in [-0.15, -0.1) is 11.3 Å². The van der Waals surface area contributed by atoms with Crippen molar-refractivity contribution >= 4 is 22.4 Å². The minimum absolute atomic E-state index is 0.0421. The highest BCUT2D eigenvalue weighted by atomic mass is 32.1. The molecule has 1 amide bonds. The summed E-state index contributed by atoms with van der Waals surface area (Å²) in [4.78, 5) is 19.1. The van der Waals surface area contributed by atoms with Gasteiger partial charge in [0.05, 0.1) is 23.6 Å². The van der Waals surface area contributed by atoms with E-state index in [1.807, 2.05) is 19.2 Å². The Morgan fingerprint density at radius 1 is 1.35 bits per heavy atom. The predicted octanol–water partition coefficient (Wildman–Crippen LogP) is 2.93. The van der Waals surface area contributed by atoms with E-state index in [4.69, 9.17) is 9.26 Å². The highest BCUT2D eigenvalue weighted by molar-refractivity contribution is 7.13. The molecule has 2 aromatic rings. The number of carbonyl (C=O) groups excluding carboxylic acids is 1.